The van der Waals surface area contributed by atoms with Gasteiger partial charge < -0.3 is 16.0 Å². The Morgan fingerprint density at radius 2 is 2.45 bits per heavy atom. The Kier molecular flexibility index (Phi) is 2.48. The molecule has 0 atom stereocenters. The topological polar surface area (TPSA) is 66.7 Å². The standard InChI is InChI=1S/C7H14N4/c1-5(2)9-4-7-10-3-6(8)11-7/h3,5,9H,4,8H2,1-2H3,(H,10,11). The summed E-state index contributed by atoms with van der Waals surface area (Å²) in [5, 5.41) is 3.23. The normalized spacial score (nSPS) is 10.8. The maximum Gasteiger partial charge on any atom is 0.121 e. The number of nitrogens with one attached hydrogen (secondary N) is 2. The fraction of sp³-hybridized carbons (Fsp3) is 0.571. The van der Waals surface area contributed by atoms with Gasteiger partial charge >= 0.3 is 0 Å². The number of nitrogen functional groups attached to an aromatic ring is 1. The molecule has 0 spiro atoms. The first-order valence-electron chi connectivity index (χ1n) is 3.71. The van der Waals surface area contributed by atoms with Crippen molar-refractivity contribution in [3.05, 3.63) is 12.0 Å². The molecular formula is C7H14N4. The molecule has 62 valence electrons. The Hall–Kier alpha value is -1.03. The Morgan fingerprint density at radius 1 is 1.73 bits per heavy atom. The lowest BCUT2D eigenvalue weighted by Crippen LogP contribution is -2.22. The van der Waals surface area contributed by atoms with Crippen LogP contribution in [0.2, 0.25) is 0 Å². The van der Waals surface area contributed by atoms with E-state index in [1.54, 1.807) is 6.20 Å². The lowest BCUT2D eigenvalue weighted by molar-refractivity contribution is 0.575. The molecule has 0 unspecified atom stereocenters. The van der Waals surface area contributed by atoms with Crippen molar-refractivity contribution in [2.75, 3.05) is 5.73 Å². The molecule has 4 nitrogen and oxygen atoms in total. The summed E-state index contributed by atoms with van der Waals surface area (Å²) < 4.78 is 0. The molecule has 4 N–H and O–H groups in total. The van der Waals surface area contributed by atoms with Crippen molar-refractivity contribution >= 4 is 5.82 Å². The van der Waals surface area contributed by atoms with E-state index >= 15 is 0 Å². The van der Waals surface area contributed by atoms with Crippen molar-refractivity contribution in [3.63, 3.8) is 0 Å². The van der Waals surface area contributed by atoms with Crippen LogP contribution >= 0.6 is 0 Å². The second kappa shape index (κ2) is 3.39. The van der Waals surface area contributed by atoms with Gasteiger partial charge in [-0.3, -0.25) is 0 Å². The van der Waals surface area contributed by atoms with Crippen LogP contribution in [-0.4, -0.2) is 16.0 Å². The van der Waals surface area contributed by atoms with Crippen LogP contribution in [0.25, 0.3) is 0 Å². The molecule has 1 rings (SSSR count). The van der Waals surface area contributed by atoms with E-state index in [4.69, 9.17) is 5.73 Å². The van der Waals surface area contributed by atoms with Crippen LogP contribution in [0.15, 0.2) is 6.20 Å². The summed E-state index contributed by atoms with van der Waals surface area (Å²) in [6.45, 7) is 4.92. The molecule has 4 heteroatoms. The number of H-pyrrole nitrogens is 1. The van der Waals surface area contributed by atoms with Crippen LogP contribution in [0, 0.1) is 0 Å². The molecule has 1 aromatic rings. The van der Waals surface area contributed by atoms with Crippen molar-refractivity contribution in [2.24, 2.45) is 0 Å². The highest BCUT2D eigenvalue weighted by molar-refractivity contribution is 5.24. The third-order valence-corrected chi connectivity index (χ3v) is 1.33. The van der Waals surface area contributed by atoms with E-state index in [-0.39, 0.29) is 0 Å². The number of hydrogen-bond donors (Lipinski definition) is 3. The number of anilines is 1. The fourth-order valence-corrected chi connectivity index (χ4v) is 0.769. The molecule has 0 aliphatic heterocycles. The summed E-state index contributed by atoms with van der Waals surface area (Å²) in [5.41, 5.74) is 5.44. The number of hydrogen-bond acceptors (Lipinski definition) is 3. The van der Waals surface area contributed by atoms with Gasteiger partial charge in [0, 0.05) is 6.04 Å². The molecular weight excluding hydrogens is 140 g/mol. The second-order valence-electron chi connectivity index (χ2n) is 2.82. The van der Waals surface area contributed by atoms with E-state index in [0.29, 0.717) is 11.9 Å². The first kappa shape index (κ1) is 8.07. The van der Waals surface area contributed by atoms with Gasteiger partial charge in [0.05, 0.1) is 12.7 Å². The smallest absolute Gasteiger partial charge is 0.121 e. The van der Waals surface area contributed by atoms with Gasteiger partial charge in [0.15, 0.2) is 0 Å². The Labute approximate surface area is 66.2 Å². The van der Waals surface area contributed by atoms with Gasteiger partial charge in [0.25, 0.3) is 0 Å². The minimum Gasteiger partial charge on any atom is -0.384 e. The number of imidazole rings is 1. The molecule has 0 bridgehead atoms. The zero-order chi connectivity index (χ0) is 8.27. The van der Waals surface area contributed by atoms with E-state index in [1.807, 2.05) is 0 Å². The molecule has 0 radical (unpaired) electrons. The number of aromatic amines is 1. The van der Waals surface area contributed by atoms with Crippen molar-refractivity contribution in [2.45, 2.75) is 26.4 Å². The van der Waals surface area contributed by atoms with Crippen molar-refractivity contribution in [1.82, 2.24) is 15.3 Å². The first-order valence-corrected chi connectivity index (χ1v) is 3.71. The van der Waals surface area contributed by atoms with Gasteiger partial charge in [-0.05, 0) is 0 Å². The van der Waals surface area contributed by atoms with Crippen LogP contribution in [0.3, 0.4) is 0 Å². The van der Waals surface area contributed by atoms with Crippen molar-refractivity contribution in [1.29, 1.82) is 0 Å². The first-order chi connectivity index (χ1) is 5.18. The zero-order valence-electron chi connectivity index (χ0n) is 6.89. The van der Waals surface area contributed by atoms with Crippen LogP contribution < -0.4 is 11.1 Å². The summed E-state index contributed by atoms with van der Waals surface area (Å²) in [6, 6.07) is 0.473. The summed E-state index contributed by atoms with van der Waals surface area (Å²) in [6.07, 6.45) is 1.62. The van der Waals surface area contributed by atoms with E-state index in [9.17, 15) is 0 Å². The number of nitrogens with zero attached hydrogens (tertiary/aromatic N) is 1. The average molecular weight is 154 g/mol. The molecule has 0 aliphatic carbocycles. The fourth-order valence-electron chi connectivity index (χ4n) is 0.769. The highest BCUT2D eigenvalue weighted by Gasteiger charge is 1.97. The maximum atomic E-state index is 5.44. The minimum absolute atomic E-state index is 0.473. The van der Waals surface area contributed by atoms with E-state index in [2.05, 4.69) is 29.1 Å². The van der Waals surface area contributed by atoms with Gasteiger partial charge in [-0.1, -0.05) is 13.8 Å². The Morgan fingerprint density at radius 3 is 2.91 bits per heavy atom. The van der Waals surface area contributed by atoms with Crippen molar-refractivity contribution in [3.8, 4) is 0 Å². The summed E-state index contributed by atoms with van der Waals surface area (Å²) >= 11 is 0. The van der Waals surface area contributed by atoms with Crippen LogP contribution in [0.5, 0.6) is 0 Å². The molecule has 0 aliphatic rings. The Bertz CT molecular complexity index is 216. The summed E-state index contributed by atoms with van der Waals surface area (Å²) in [4.78, 5) is 6.98. The lowest BCUT2D eigenvalue weighted by Gasteiger charge is -2.04. The van der Waals surface area contributed by atoms with Gasteiger partial charge in [-0.2, -0.15) is 0 Å². The third kappa shape index (κ3) is 2.59. The van der Waals surface area contributed by atoms with Crippen LogP contribution in [-0.2, 0) is 6.54 Å². The van der Waals surface area contributed by atoms with Gasteiger partial charge in [0.2, 0.25) is 0 Å². The Balaban J connectivity index is 2.39. The maximum absolute atomic E-state index is 5.44. The third-order valence-electron chi connectivity index (χ3n) is 1.33. The number of rotatable bonds is 3. The van der Waals surface area contributed by atoms with E-state index in [0.717, 1.165) is 12.4 Å². The molecule has 0 aromatic carbocycles. The molecule has 0 amide bonds. The molecule has 0 saturated heterocycles. The van der Waals surface area contributed by atoms with Gasteiger partial charge in [0.1, 0.15) is 11.6 Å². The number of nitrogens with two attached hydrogens (primary N) is 1. The average Bonchev–Trinajstić information content (AvgIpc) is 2.31. The monoisotopic (exact) mass is 154 g/mol. The SMILES string of the molecule is CC(C)NCc1ncc(N)[nH]1. The highest BCUT2D eigenvalue weighted by Crippen LogP contribution is 1.96. The minimum atomic E-state index is 0.473. The number of aromatic nitrogens is 2. The predicted octanol–water partition coefficient (Wildman–Crippen LogP) is 0.490. The second-order valence-corrected chi connectivity index (χ2v) is 2.82. The molecule has 1 aromatic heterocycles. The molecule has 1 heterocycles. The van der Waals surface area contributed by atoms with Crippen LogP contribution in [0.4, 0.5) is 5.82 Å². The zero-order valence-corrected chi connectivity index (χ0v) is 6.89. The quantitative estimate of drug-likeness (QED) is 0.593. The molecule has 0 saturated carbocycles. The van der Waals surface area contributed by atoms with Crippen LogP contribution in [0.1, 0.15) is 19.7 Å². The predicted molar refractivity (Wildman–Crippen MR) is 45.0 cm³/mol. The van der Waals surface area contributed by atoms with Crippen molar-refractivity contribution < 1.29 is 0 Å². The highest BCUT2D eigenvalue weighted by atomic mass is 15.0. The molecule has 0 fully saturated rings. The van der Waals surface area contributed by atoms with E-state index < -0.39 is 0 Å². The van der Waals surface area contributed by atoms with Gasteiger partial charge in [-0.25, -0.2) is 4.98 Å². The summed E-state index contributed by atoms with van der Waals surface area (Å²) in [7, 11) is 0. The summed E-state index contributed by atoms with van der Waals surface area (Å²) in [5.74, 6) is 1.50. The van der Waals surface area contributed by atoms with Gasteiger partial charge in [-0.15, -0.1) is 0 Å². The molecule has 11 heavy (non-hydrogen) atoms. The lowest BCUT2D eigenvalue weighted by atomic mass is 10.4. The largest absolute Gasteiger partial charge is 0.384 e. The van der Waals surface area contributed by atoms with E-state index in [1.165, 1.54) is 0 Å².